The molecule has 0 radical (unpaired) electrons. The van der Waals surface area contributed by atoms with E-state index in [1.54, 1.807) is 34.1 Å². The third kappa shape index (κ3) is 5.62. The Hall–Kier alpha value is -3.88. The second-order valence-corrected chi connectivity index (χ2v) is 10.9. The van der Waals surface area contributed by atoms with Crippen molar-refractivity contribution >= 4 is 29.3 Å². The number of hydrogen-bond acceptors (Lipinski definition) is 5. The molecule has 1 spiro atoms. The van der Waals surface area contributed by atoms with Crippen LogP contribution < -0.4 is 16.0 Å². The Morgan fingerprint density at radius 1 is 0.923 bits per heavy atom. The highest BCUT2D eigenvalue weighted by atomic mass is 16.2. The zero-order valence-corrected chi connectivity index (χ0v) is 22.3. The molecule has 9 nitrogen and oxygen atoms in total. The molecule has 2 aromatic carbocycles. The number of para-hydroxylation sites is 1. The van der Waals surface area contributed by atoms with Crippen LogP contribution in [0.5, 0.6) is 0 Å². The Kier molecular flexibility index (Phi) is 7.86. The van der Waals surface area contributed by atoms with Gasteiger partial charge >= 0.3 is 0 Å². The molecule has 2 aliphatic heterocycles. The number of nitrogens with one attached hydrogen (secondary N) is 1. The lowest BCUT2D eigenvalue weighted by atomic mass is 9.85. The zero-order valence-electron chi connectivity index (χ0n) is 22.3. The van der Waals surface area contributed by atoms with Crippen molar-refractivity contribution in [2.75, 3.05) is 31.2 Å². The number of rotatable bonds is 7. The third-order valence-electron chi connectivity index (χ3n) is 8.45. The fraction of sp³-hybridized carbons (Fsp3) is 0.467. The topological polar surface area (TPSA) is 116 Å². The summed E-state index contributed by atoms with van der Waals surface area (Å²) in [6.45, 7) is 1.19. The summed E-state index contributed by atoms with van der Waals surface area (Å²) in [4.78, 5) is 57.3. The first kappa shape index (κ1) is 26.7. The fourth-order valence-corrected chi connectivity index (χ4v) is 6.33. The molecule has 3 aliphatic rings. The zero-order chi connectivity index (χ0) is 27.4. The van der Waals surface area contributed by atoms with Crippen LogP contribution in [0.25, 0.3) is 0 Å². The van der Waals surface area contributed by atoms with Crippen molar-refractivity contribution < 1.29 is 19.2 Å². The van der Waals surface area contributed by atoms with Gasteiger partial charge < -0.3 is 25.8 Å². The quantitative estimate of drug-likeness (QED) is 0.569. The fourth-order valence-electron chi connectivity index (χ4n) is 6.33. The predicted molar refractivity (Wildman–Crippen MR) is 148 cm³/mol. The van der Waals surface area contributed by atoms with Crippen LogP contribution in [0, 0.1) is 0 Å². The molecule has 2 saturated heterocycles. The van der Waals surface area contributed by atoms with Crippen molar-refractivity contribution in [1.82, 2.24) is 15.1 Å². The molecule has 0 unspecified atom stereocenters. The summed E-state index contributed by atoms with van der Waals surface area (Å²) in [5, 5.41) is 3.13. The minimum atomic E-state index is -0.811. The van der Waals surface area contributed by atoms with Gasteiger partial charge in [-0.1, -0.05) is 55.7 Å². The van der Waals surface area contributed by atoms with Gasteiger partial charge in [-0.15, -0.1) is 0 Å². The Morgan fingerprint density at radius 3 is 2.28 bits per heavy atom. The van der Waals surface area contributed by atoms with Gasteiger partial charge in [-0.2, -0.15) is 0 Å². The van der Waals surface area contributed by atoms with Gasteiger partial charge in [-0.25, -0.2) is 0 Å². The molecule has 2 aromatic rings. The lowest BCUT2D eigenvalue weighted by Gasteiger charge is -2.43. The number of benzene rings is 2. The van der Waals surface area contributed by atoms with Gasteiger partial charge in [0, 0.05) is 30.4 Å². The van der Waals surface area contributed by atoms with E-state index in [9.17, 15) is 19.2 Å². The van der Waals surface area contributed by atoms with E-state index in [4.69, 9.17) is 5.73 Å². The molecule has 9 heteroatoms. The van der Waals surface area contributed by atoms with E-state index in [0.717, 1.165) is 31.4 Å². The van der Waals surface area contributed by atoms with Crippen LogP contribution in [0.15, 0.2) is 54.6 Å². The summed E-state index contributed by atoms with van der Waals surface area (Å²) in [6.07, 6.45) is 6.46. The van der Waals surface area contributed by atoms with Gasteiger partial charge in [0.1, 0.15) is 12.1 Å². The Labute approximate surface area is 229 Å². The van der Waals surface area contributed by atoms with Crippen molar-refractivity contribution in [3.05, 3.63) is 65.7 Å². The van der Waals surface area contributed by atoms with E-state index >= 15 is 0 Å². The maximum Gasteiger partial charge on any atom is 0.250 e. The highest BCUT2D eigenvalue weighted by Gasteiger charge is 2.54. The molecule has 1 saturated carbocycles. The lowest BCUT2D eigenvalue weighted by Crippen LogP contribution is -2.57. The van der Waals surface area contributed by atoms with Crippen molar-refractivity contribution in [2.45, 2.75) is 62.9 Å². The highest BCUT2D eigenvalue weighted by molar-refractivity contribution is 5.97. The van der Waals surface area contributed by atoms with Crippen molar-refractivity contribution in [1.29, 1.82) is 0 Å². The van der Waals surface area contributed by atoms with Crippen molar-refractivity contribution in [3.8, 4) is 0 Å². The van der Waals surface area contributed by atoms with Crippen LogP contribution >= 0.6 is 0 Å². The minimum Gasteiger partial charge on any atom is -0.366 e. The molecule has 4 amide bonds. The van der Waals surface area contributed by atoms with Crippen molar-refractivity contribution in [2.24, 2.45) is 5.73 Å². The molecule has 0 atom stereocenters. The van der Waals surface area contributed by atoms with Gasteiger partial charge in [0.15, 0.2) is 0 Å². The van der Waals surface area contributed by atoms with Crippen LogP contribution in [0.3, 0.4) is 0 Å². The van der Waals surface area contributed by atoms with Crippen LogP contribution in [0.4, 0.5) is 5.69 Å². The van der Waals surface area contributed by atoms with Gasteiger partial charge in [0.05, 0.1) is 13.1 Å². The molecule has 2 heterocycles. The molecule has 0 aromatic heterocycles. The maximum absolute atomic E-state index is 13.9. The first-order valence-electron chi connectivity index (χ1n) is 13.9. The van der Waals surface area contributed by atoms with Crippen LogP contribution in [-0.4, -0.2) is 71.3 Å². The number of nitrogens with two attached hydrogens (primary N) is 1. The van der Waals surface area contributed by atoms with Gasteiger partial charge in [0.2, 0.25) is 17.7 Å². The number of amides is 4. The van der Waals surface area contributed by atoms with Gasteiger partial charge in [-0.05, 0) is 49.4 Å². The molecule has 1 aliphatic carbocycles. The standard InChI is InChI=1S/C30H37N5O4/c31-28(38)25-14-8-7-9-22(25)19-27(37)33-17-15-30(16-18-33)29(39)34(21-35(30)24-12-5-2-6-13-24)20-26(36)32-23-10-3-1-4-11-23/h2,5-9,12-14,23H,1,3-4,10-11,15-21H2,(H2,31,38)(H,32,36). The number of primary amides is 1. The largest absolute Gasteiger partial charge is 0.366 e. The normalized spacial score (nSPS) is 19.4. The van der Waals surface area contributed by atoms with Crippen LogP contribution in [0.2, 0.25) is 0 Å². The summed E-state index contributed by atoms with van der Waals surface area (Å²) >= 11 is 0. The summed E-state index contributed by atoms with van der Waals surface area (Å²) in [5.74, 6) is -0.824. The summed E-state index contributed by atoms with van der Waals surface area (Å²) in [7, 11) is 0. The number of anilines is 1. The van der Waals surface area contributed by atoms with E-state index in [1.165, 1.54) is 6.42 Å². The average molecular weight is 532 g/mol. The molecule has 206 valence electrons. The molecule has 0 bridgehead atoms. The lowest BCUT2D eigenvalue weighted by molar-refractivity contribution is -0.139. The van der Waals surface area contributed by atoms with Crippen LogP contribution in [-0.2, 0) is 20.8 Å². The van der Waals surface area contributed by atoms with E-state index in [2.05, 4.69) is 10.2 Å². The van der Waals surface area contributed by atoms with E-state index in [-0.39, 0.29) is 36.7 Å². The van der Waals surface area contributed by atoms with E-state index < -0.39 is 11.4 Å². The Balaban J connectivity index is 1.29. The molecular formula is C30H37N5O4. The maximum atomic E-state index is 13.9. The number of hydrogen-bond donors (Lipinski definition) is 2. The summed E-state index contributed by atoms with van der Waals surface area (Å²) < 4.78 is 0. The number of piperidine rings is 1. The number of carbonyl (C=O) groups excluding carboxylic acids is 4. The minimum absolute atomic E-state index is 0.0347. The molecular weight excluding hydrogens is 494 g/mol. The number of nitrogens with zero attached hydrogens (tertiary/aromatic N) is 3. The molecule has 3 N–H and O–H groups in total. The Bertz CT molecular complexity index is 1220. The van der Waals surface area contributed by atoms with E-state index in [0.29, 0.717) is 43.7 Å². The molecule has 39 heavy (non-hydrogen) atoms. The van der Waals surface area contributed by atoms with Gasteiger partial charge in [-0.3, -0.25) is 19.2 Å². The first-order valence-corrected chi connectivity index (χ1v) is 13.9. The third-order valence-corrected chi connectivity index (χ3v) is 8.45. The second-order valence-electron chi connectivity index (χ2n) is 10.9. The number of carbonyl (C=O) groups is 4. The summed E-state index contributed by atoms with van der Waals surface area (Å²) in [5.41, 5.74) is 6.56. The molecule has 3 fully saturated rings. The average Bonchev–Trinajstić information content (AvgIpc) is 3.20. The van der Waals surface area contributed by atoms with Gasteiger partial charge in [0.25, 0.3) is 5.91 Å². The smallest absolute Gasteiger partial charge is 0.250 e. The summed E-state index contributed by atoms with van der Waals surface area (Å²) in [6, 6.07) is 16.9. The van der Waals surface area contributed by atoms with Crippen LogP contribution in [0.1, 0.15) is 60.9 Å². The van der Waals surface area contributed by atoms with E-state index in [1.807, 2.05) is 30.3 Å². The molecule has 5 rings (SSSR count). The highest BCUT2D eigenvalue weighted by Crippen LogP contribution is 2.39. The first-order chi connectivity index (χ1) is 18.9. The Morgan fingerprint density at radius 2 is 1.59 bits per heavy atom. The SMILES string of the molecule is NC(=O)c1ccccc1CC(=O)N1CCC2(CC1)C(=O)N(CC(=O)NC1CCCCC1)CN2c1ccccc1. The monoisotopic (exact) mass is 531 g/mol. The predicted octanol–water partition coefficient (Wildman–Crippen LogP) is 2.44. The second kappa shape index (κ2) is 11.5. The number of likely N-dealkylation sites (tertiary alicyclic amines) is 1. The van der Waals surface area contributed by atoms with Crippen molar-refractivity contribution in [3.63, 3.8) is 0 Å².